The number of nitrogens with one attached hydrogen (secondary N) is 1. The molecule has 1 unspecified atom stereocenters. The highest BCUT2D eigenvalue weighted by Gasteiger charge is 2.19. The molecule has 1 atom stereocenters. The molecule has 5 nitrogen and oxygen atoms in total. The fourth-order valence-corrected chi connectivity index (χ4v) is 2.44. The summed E-state index contributed by atoms with van der Waals surface area (Å²) in [7, 11) is 0. The number of primary amides is 1. The number of amides is 2. The Balaban J connectivity index is 1.99. The van der Waals surface area contributed by atoms with Crippen molar-refractivity contribution in [2.45, 2.75) is 13.3 Å². The Morgan fingerprint density at radius 1 is 1.35 bits per heavy atom. The van der Waals surface area contributed by atoms with E-state index in [9.17, 15) is 9.59 Å². The monoisotopic (exact) mass is 289 g/mol. The van der Waals surface area contributed by atoms with Gasteiger partial charge in [0.1, 0.15) is 5.92 Å². The predicted molar refractivity (Wildman–Crippen MR) is 78.4 cm³/mol. The largest absolute Gasteiger partial charge is 0.369 e. The number of nitrogens with two attached hydrogens (primary N) is 1. The van der Waals surface area contributed by atoms with Crippen LogP contribution in [-0.4, -0.2) is 16.8 Å². The zero-order valence-electron chi connectivity index (χ0n) is 11.0. The average Bonchev–Trinajstić information content (AvgIpc) is 2.86. The molecule has 20 heavy (non-hydrogen) atoms. The lowest BCUT2D eigenvalue weighted by molar-refractivity contribution is -0.129. The van der Waals surface area contributed by atoms with E-state index in [0.717, 1.165) is 11.3 Å². The van der Waals surface area contributed by atoms with Crippen LogP contribution >= 0.6 is 11.3 Å². The number of hydrogen-bond acceptors (Lipinski definition) is 4. The molecular formula is C14H15N3O2S. The molecule has 2 aromatic rings. The summed E-state index contributed by atoms with van der Waals surface area (Å²) in [5, 5.41) is 3.08. The van der Waals surface area contributed by atoms with Crippen LogP contribution in [0.4, 0.5) is 5.13 Å². The second-order valence-corrected chi connectivity index (χ2v) is 5.52. The molecule has 104 valence electrons. The summed E-state index contributed by atoms with van der Waals surface area (Å²) >= 11 is 1.39. The number of carbonyl (C=O) groups is 2. The first kappa shape index (κ1) is 14.2. The Morgan fingerprint density at radius 3 is 2.70 bits per heavy atom. The number of thiazole rings is 1. The lowest BCUT2D eigenvalue weighted by Gasteiger charge is -2.05. The van der Waals surface area contributed by atoms with Crippen molar-refractivity contribution in [2.24, 2.45) is 11.7 Å². The summed E-state index contributed by atoms with van der Waals surface area (Å²) in [6.45, 7) is 1.47. The zero-order chi connectivity index (χ0) is 14.5. The van der Waals surface area contributed by atoms with Crippen molar-refractivity contribution in [1.82, 2.24) is 4.98 Å². The Morgan fingerprint density at radius 2 is 2.05 bits per heavy atom. The Bertz CT molecular complexity index is 610. The molecule has 1 heterocycles. The highest BCUT2D eigenvalue weighted by atomic mass is 32.1. The van der Waals surface area contributed by atoms with E-state index in [1.807, 2.05) is 30.3 Å². The Hall–Kier alpha value is -2.21. The van der Waals surface area contributed by atoms with Crippen LogP contribution in [0.5, 0.6) is 0 Å². The molecular weight excluding hydrogens is 274 g/mol. The third-order valence-corrected chi connectivity index (χ3v) is 3.74. The van der Waals surface area contributed by atoms with Crippen molar-refractivity contribution in [3.05, 3.63) is 47.0 Å². The lowest BCUT2D eigenvalue weighted by atomic mass is 10.1. The molecule has 3 N–H and O–H groups in total. The predicted octanol–water partition coefficient (Wildman–Crippen LogP) is 1.79. The summed E-state index contributed by atoms with van der Waals surface area (Å²) in [6, 6.07) is 9.99. The third-order valence-electron chi connectivity index (χ3n) is 2.82. The van der Waals surface area contributed by atoms with Crippen molar-refractivity contribution in [3.8, 4) is 0 Å². The van der Waals surface area contributed by atoms with E-state index in [1.54, 1.807) is 6.20 Å². The second kappa shape index (κ2) is 6.29. The molecule has 2 amide bonds. The van der Waals surface area contributed by atoms with E-state index in [1.165, 1.54) is 23.8 Å². The van der Waals surface area contributed by atoms with Gasteiger partial charge in [0.25, 0.3) is 0 Å². The highest BCUT2D eigenvalue weighted by Crippen LogP contribution is 2.21. The van der Waals surface area contributed by atoms with Crippen LogP contribution in [0.25, 0.3) is 0 Å². The first-order chi connectivity index (χ1) is 9.56. The summed E-state index contributed by atoms with van der Waals surface area (Å²) in [6.07, 6.45) is 2.49. The molecule has 1 aromatic carbocycles. The summed E-state index contributed by atoms with van der Waals surface area (Å²) < 4.78 is 0. The van der Waals surface area contributed by atoms with Crippen LogP contribution in [0.1, 0.15) is 17.4 Å². The van der Waals surface area contributed by atoms with Crippen LogP contribution in [0.3, 0.4) is 0 Å². The fraction of sp³-hybridized carbons (Fsp3) is 0.214. The molecule has 0 saturated heterocycles. The van der Waals surface area contributed by atoms with Gasteiger partial charge in [-0.25, -0.2) is 4.98 Å². The van der Waals surface area contributed by atoms with Crippen molar-refractivity contribution in [1.29, 1.82) is 0 Å². The molecule has 0 spiro atoms. The SMILES string of the molecule is CC(C(N)=O)C(=O)Nc1ncc(Cc2ccccc2)s1. The van der Waals surface area contributed by atoms with Gasteiger partial charge in [0.2, 0.25) is 11.8 Å². The summed E-state index contributed by atoms with van der Waals surface area (Å²) in [5.74, 6) is -1.95. The smallest absolute Gasteiger partial charge is 0.238 e. The maximum atomic E-state index is 11.7. The van der Waals surface area contributed by atoms with Crippen molar-refractivity contribution >= 4 is 28.3 Å². The number of nitrogens with zero attached hydrogens (tertiary/aromatic N) is 1. The molecule has 0 aliphatic heterocycles. The molecule has 0 bridgehead atoms. The van der Waals surface area contributed by atoms with Gasteiger partial charge in [-0.15, -0.1) is 11.3 Å². The fourth-order valence-electron chi connectivity index (χ4n) is 1.59. The minimum atomic E-state index is -0.864. The molecule has 0 radical (unpaired) electrons. The molecule has 2 rings (SSSR count). The van der Waals surface area contributed by atoms with E-state index >= 15 is 0 Å². The Labute approximate surface area is 120 Å². The third kappa shape index (κ3) is 3.64. The number of anilines is 1. The molecule has 0 saturated carbocycles. The minimum Gasteiger partial charge on any atom is -0.369 e. The number of benzene rings is 1. The summed E-state index contributed by atoms with van der Waals surface area (Å²) in [4.78, 5) is 27.8. The van der Waals surface area contributed by atoms with Gasteiger partial charge in [-0.1, -0.05) is 30.3 Å². The van der Waals surface area contributed by atoms with Crippen LogP contribution in [0, 0.1) is 5.92 Å². The quantitative estimate of drug-likeness (QED) is 0.823. The molecule has 1 aromatic heterocycles. The van der Waals surface area contributed by atoms with Crippen LogP contribution < -0.4 is 11.1 Å². The number of aromatic nitrogens is 1. The van der Waals surface area contributed by atoms with E-state index in [0.29, 0.717) is 5.13 Å². The van der Waals surface area contributed by atoms with Crippen LogP contribution in [-0.2, 0) is 16.0 Å². The van der Waals surface area contributed by atoms with E-state index in [4.69, 9.17) is 5.73 Å². The molecule has 0 aliphatic rings. The van der Waals surface area contributed by atoms with Gasteiger partial charge in [0.15, 0.2) is 5.13 Å². The van der Waals surface area contributed by atoms with Gasteiger partial charge in [0, 0.05) is 17.5 Å². The maximum absolute atomic E-state index is 11.7. The standard InChI is InChI=1S/C14H15N3O2S/c1-9(12(15)18)13(19)17-14-16-8-11(20-14)7-10-5-3-2-4-6-10/h2-6,8-9H,7H2,1H3,(H2,15,18)(H,16,17,19). The Kier molecular flexibility index (Phi) is 4.47. The molecule has 6 heteroatoms. The minimum absolute atomic E-state index is 0.432. The van der Waals surface area contributed by atoms with Gasteiger partial charge >= 0.3 is 0 Å². The highest BCUT2D eigenvalue weighted by molar-refractivity contribution is 7.15. The molecule has 0 aliphatic carbocycles. The van der Waals surface area contributed by atoms with E-state index < -0.39 is 17.7 Å². The van der Waals surface area contributed by atoms with Crippen molar-refractivity contribution < 1.29 is 9.59 Å². The van der Waals surface area contributed by atoms with Gasteiger partial charge in [-0.2, -0.15) is 0 Å². The topological polar surface area (TPSA) is 85.1 Å². The van der Waals surface area contributed by atoms with Gasteiger partial charge in [0.05, 0.1) is 0 Å². The number of hydrogen-bond donors (Lipinski definition) is 2. The van der Waals surface area contributed by atoms with Crippen LogP contribution in [0.2, 0.25) is 0 Å². The summed E-state index contributed by atoms with van der Waals surface area (Å²) in [5.41, 5.74) is 6.26. The molecule has 0 fully saturated rings. The van der Waals surface area contributed by atoms with E-state index in [2.05, 4.69) is 10.3 Å². The first-order valence-corrected chi connectivity index (χ1v) is 6.96. The average molecular weight is 289 g/mol. The normalized spacial score (nSPS) is 11.8. The van der Waals surface area contributed by atoms with Gasteiger partial charge < -0.3 is 11.1 Å². The number of rotatable bonds is 5. The van der Waals surface area contributed by atoms with Gasteiger partial charge in [-0.05, 0) is 12.5 Å². The van der Waals surface area contributed by atoms with Crippen molar-refractivity contribution in [2.75, 3.05) is 5.32 Å². The number of carbonyl (C=O) groups excluding carboxylic acids is 2. The van der Waals surface area contributed by atoms with Crippen LogP contribution in [0.15, 0.2) is 36.5 Å². The lowest BCUT2D eigenvalue weighted by Crippen LogP contribution is -2.32. The second-order valence-electron chi connectivity index (χ2n) is 4.41. The maximum Gasteiger partial charge on any atom is 0.238 e. The van der Waals surface area contributed by atoms with Crippen molar-refractivity contribution in [3.63, 3.8) is 0 Å². The van der Waals surface area contributed by atoms with Gasteiger partial charge in [-0.3, -0.25) is 9.59 Å². The van der Waals surface area contributed by atoms with E-state index in [-0.39, 0.29) is 0 Å². The zero-order valence-corrected chi connectivity index (χ0v) is 11.8. The first-order valence-electron chi connectivity index (χ1n) is 6.15.